The molecule has 2 aliphatic heterocycles. The summed E-state index contributed by atoms with van der Waals surface area (Å²) >= 11 is 0. The fourth-order valence-electron chi connectivity index (χ4n) is 2.34. The van der Waals surface area contributed by atoms with Gasteiger partial charge in [-0.2, -0.15) is 0 Å². The van der Waals surface area contributed by atoms with Crippen molar-refractivity contribution in [3.8, 4) is 0 Å². The summed E-state index contributed by atoms with van der Waals surface area (Å²) in [5.41, 5.74) is 5.86. The van der Waals surface area contributed by atoms with Crippen molar-refractivity contribution in [2.45, 2.75) is 13.0 Å². The van der Waals surface area contributed by atoms with E-state index in [9.17, 15) is 4.79 Å². The molecule has 2 saturated heterocycles. The lowest BCUT2D eigenvalue weighted by molar-refractivity contribution is -0.137. The van der Waals surface area contributed by atoms with Gasteiger partial charge in [-0.3, -0.25) is 4.79 Å². The maximum Gasteiger partial charge on any atom is 0.229 e. The van der Waals surface area contributed by atoms with E-state index in [4.69, 9.17) is 10.5 Å². The van der Waals surface area contributed by atoms with Crippen molar-refractivity contribution in [2.75, 3.05) is 45.9 Å². The Morgan fingerprint density at radius 1 is 1.31 bits per heavy atom. The van der Waals surface area contributed by atoms with Gasteiger partial charge in [-0.15, -0.1) is 0 Å². The fourth-order valence-corrected chi connectivity index (χ4v) is 2.34. The summed E-state index contributed by atoms with van der Waals surface area (Å²) in [5.74, 6) is 0.0638. The van der Waals surface area contributed by atoms with Crippen LogP contribution in [0.1, 0.15) is 6.92 Å². The third-order valence-electron chi connectivity index (χ3n) is 3.57. The molecule has 5 heteroatoms. The summed E-state index contributed by atoms with van der Waals surface area (Å²) in [6, 6.07) is -0.114. The molecule has 0 radical (unpaired) electrons. The molecule has 2 heterocycles. The van der Waals surface area contributed by atoms with E-state index in [1.54, 1.807) is 0 Å². The second kappa shape index (κ2) is 5.12. The number of likely N-dealkylation sites (N-methyl/N-ethyl adjacent to an activating group) is 1. The van der Waals surface area contributed by atoms with Crippen molar-refractivity contribution in [3.05, 3.63) is 0 Å². The van der Waals surface area contributed by atoms with Crippen LogP contribution in [-0.2, 0) is 9.53 Å². The second-order valence-electron chi connectivity index (χ2n) is 4.57. The van der Waals surface area contributed by atoms with Gasteiger partial charge in [0.05, 0.1) is 19.1 Å². The van der Waals surface area contributed by atoms with E-state index in [0.29, 0.717) is 13.2 Å². The Bertz CT molecular complexity index is 252. The lowest BCUT2D eigenvalue weighted by atomic mass is 10.0. The Hall–Kier alpha value is -0.650. The second-order valence-corrected chi connectivity index (χ2v) is 4.57. The molecule has 0 aromatic rings. The molecule has 1 amide bonds. The number of nitrogens with zero attached hydrogens (tertiary/aromatic N) is 2. The van der Waals surface area contributed by atoms with Crippen molar-refractivity contribution in [1.82, 2.24) is 9.80 Å². The van der Waals surface area contributed by atoms with E-state index >= 15 is 0 Å². The number of ether oxygens (including phenoxy) is 1. The van der Waals surface area contributed by atoms with E-state index in [1.165, 1.54) is 0 Å². The smallest absolute Gasteiger partial charge is 0.229 e. The van der Waals surface area contributed by atoms with E-state index in [2.05, 4.69) is 11.8 Å². The van der Waals surface area contributed by atoms with Crippen molar-refractivity contribution in [3.63, 3.8) is 0 Å². The number of amides is 1. The van der Waals surface area contributed by atoms with Gasteiger partial charge >= 0.3 is 0 Å². The zero-order valence-electron chi connectivity index (χ0n) is 9.89. The predicted molar refractivity (Wildman–Crippen MR) is 61.0 cm³/mol. The molecule has 2 aliphatic rings. The number of piperazine rings is 1. The topological polar surface area (TPSA) is 58.8 Å². The highest BCUT2D eigenvalue weighted by molar-refractivity contribution is 5.80. The number of nitrogens with two attached hydrogens (primary N) is 1. The lowest BCUT2D eigenvalue weighted by Gasteiger charge is -2.35. The summed E-state index contributed by atoms with van der Waals surface area (Å²) < 4.78 is 5.24. The van der Waals surface area contributed by atoms with Gasteiger partial charge in [0.1, 0.15) is 0 Å². The lowest BCUT2D eigenvalue weighted by Crippen LogP contribution is -2.52. The number of carbonyl (C=O) groups excluding carboxylic acids is 1. The molecule has 0 aliphatic carbocycles. The standard InChI is InChI=1S/C11H21N3O2/c1-2-13-3-5-14(6-4-13)11(15)9-7-16-8-10(9)12/h9-10H,2-8,12H2,1H3. The zero-order valence-corrected chi connectivity index (χ0v) is 9.89. The van der Waals surface area contributed by atoms with Gasteiger partial charge < -0.3 is 20.3 Å². The molecule has 0 aromatic heterocycles. The van der Waals surface area contributed by atoms with Crippen molar-refractivity contribution in [1.29, 1.82) is 0 Å². The van der Waals surface area contributed by atoms with Gasteiger partial charge in [0.15, 0.2) is 0 Å². The van der Waals surface area contributed by atoms with Crippen LogP contribution in [-0.4, -0.2) is 67.7 Å². The molecule has 0 aromatic carbocycles. The molecule has 2 rings (SSSR count). The van der Waals surface area contributed by atoms with Crippen LogP contribution in [0.2, 0.25) is 0 Å². The molecule has 92 valence electrons. The van der Waals surface area contributed by atoms with Crippen LogP contribution >= 0.6 is 0 Å². The molecule has 16 heavy (non-hydrogen) atoms. The number of hydrogen-bond donors (Lipinski definition) is 1. The quantitative estimate of drug-likeness (QED) is 0.666. The SMILES string of the molecule is CCN1CCN(C(=O)C2COCC2N)CC1. The zero-order chi connectivity index (χ0) is 11.5. The molecular weight excluding hydrogens is 206 g/mol. The minimum atomic E-state index is -0.117. The summed E-state index contributed by atoms with van der Waals surface area (Å²) in [7, 11) is 0. The van der Waals surface area contributed by atoms with Gasteiger partial charge in [-0.1, -0.05) is 6.92 Å². The Kier molecular flexibility index (Phi) is 3.78. The Labute approximate surface area is 96.5 Å². The van der Waals surface area contributed by atoms with Crippen molar-refractivity contribution >= 4 is 5.91 Å². The molecule has 0 bridgehead atoms. The predicted octanol–water partition coefficient (Wildman–Crippen LogP) is -0.876. The first-order valence-electron chi connectivity index (χ1n) is 6.07. The van der Waals surface area contributed by atoms with Gasteiger partial charge in [-0.25, -0.2) is 0 Å². The van der Waals surface area contributed by atoms with Crippen LogP contribution < -0.4 is 5.73 Å². The average molecular weight is 227 g/mol. The van der Waals surface area contributed by atoms with Gasteiger partial charge in [-0.05, 0) is 6.54 Å². The maximum absolute atomic E-state index is 12.2. The first kappa shape index (κ1) is 11.8. The summed E-state index contributed by atoms with van der Waals surface area (Å²) in [6.45, 7) is 7.84. The van der Waals surface area contributed by atoms with E-state index in [0.717, 1.165) is 32.7 Å². The summed E-state index contributed by atoms with van der Waals surface area (Å²) in [4.78, 5) is 16.4. The van der Waals surface area contributed by atoms with E-state index in [1.807, 2.05) is 4.90 Å². The first-order chi connectivity index (χ1) is 7.72. The minimum absolute atomic E-state index is 0.114. The van der Waals surface area contributed by atoms with E-state index < -0.39 is 0 Å². The average Bonchev–Trinajstić information content (AvgIpc) is 2.75. The molecule has 2 N–H and O–H groups in total. The number of hydrogen-bond acceptors (Lipinski definition) is 4. The number of rotatable bonds is 2. The number of carbonyl (C=O) groups is 1. The van der Waals surface area contributed by atoms with Crippen LogP contribution in [0, 0.1) is 5.92 Å². The molecule has 2 unspecified atom stereocenters. The third kappa shape index (κ3) is 2.36. The fraction of sp³-hybridized carbons (Fsp3) is 0.909. The highest BCUT2D eigenvalue weighted by Crippen LogP contribution is 2.16. The molecular formula is C11H21N3O2. The monoisotopic (exact) mass is 227 g/mol. The molecule has 0 saturated carbocycles. The third-order valence-corrected chi connectivity index (χ3v) is 3.57. The molecule has 0 spiro atoms. The Balaban J connectivity index is 1.86. The van der Waals surface area contributed by atoms with Crippen molar-refractivity contribution in [2.24, 2.45) is 11.7 Å². The Morgan fingerprint density at radius 2 is 2.00 bits per heavy atom. The van der Waals surface area contributed by atoms with Gasteiger partial charge in [0.2, 0.25) is 5.91 Å². The maximum atomic E-state index is 12.2. The van der Waals surface area contributed by atoms with Gasteiger partial charge in [0.25, 0.3) is 0 Å². The van der Waals surface area contributed by atoms with Crippen LogP contribution in [0.5, 0.6) is 0 Å². The van der Waals surface area contributed by atoms with Crippen LogP contribution in [0.15, 0.2) is 0 Å². The van der Waals surface area contributed by atoms with Gasteiger partial charge in [0, 0.05) is 32.2 Å². The minimum Gasteiger partial charge on any atom is -0.379 e. The summed E-state index contributed by atoms with van der Waals surface area (Å²) in [5, 5.41) is 0. The van der Waals surface area contributed by atoms with Crippen LogP contribution in [0.3, 0.4) is 0 Å². The molecule has 5 nitrogen and oxygen atoms in total. The van der Waals surface area contributed by atoms with Crippen molar-refractivity contribution < 1.29 is 9.53 Å². The van der Waals surface area contributed by atoms with Crippen LogP contribution in [0.4, 0.5) is 0 Å². The largest absolute Gasteiger partial charge is 0.379 e. The Morgan fingerprint density at radius 3 is 2.50 bits per heavy atom. The summed E-state index contributed by atoms with van der Waals surface area (Å²) in [6.07, 6.45) is 0. The highest BCUT2D eigenvalue weighted by atomic mass is 16.5. The molecule has 2 fully saturated rings. The van der Waals surface area contributed by atoms with E-state index in [-0.39, 0.29) is 17.9 Å². The molecule has 2 atom stereocenters. The normalized spacial score (nSPS) is 32.0. The first-order valence-corrected chi connectivity index (χ1v) is 6.07. The van der Waals surface area contributed by atoms with Crippen LogP contribution in [0.25, 0.3) is 0 Å². The highest BCUT2D eigenvalue weighted by Gasteiger charge is 2.35.